The number of hydrogen-bond acceptors (Lipinski definition) is 2. The third-order valence-corrected chi connectivity index (χ3v) is 7.04. The molecule has 0 saturated carbocycles. The molecule has 0 atom stereocenters. The quantitative estimate of drug-likeness (QED) is 0.257. The van der Waals surface area contributed by atoms with Crippen molar-refractivity contribution in [1.82, 2.24) is 4.57 Å². The van der Waals surface area contributed by atoms with Crippen LogP contribution in [-0.4, -0.2) is 4.57 Å². The van der Waals surface area contributed by atoms with Crippen LogP contribution in [0.2, 0.25) is 0 Å². The first-order chi connectivity index (χ1) is 16.7. The molecule has 0 fully saturated rings. The lowest BCUT2D eigenvalue weighted by molar-refractivity contribution is 0.656. The van der Waals surface area contributed by atoms with Gasteiger partial charge in [-0.2, -0.15) is 0 Å². The molecule has 0 bridgehead atoms. The third kappa shape index (κ3) is 2.31. The van der Waals surface area contributed by atoms with E-state index in [0.29, 0.717) is 0 Å². The molecule has 3 heterocycles. The number of para-hydroxylation sites is 2. The van der Waals surface area contributed by atoms with Gasteiger partial charge in [0.15, 0.2) is 0 Å². The van der Waals surface area contributed by atoms with E-state index >= 15 is 0 Å². The second-order valence-electron chi connectivity index (χ2n) is 9.10. The first kappa shape index (κ1) is 18.0. The molecular formula is C31H19NO2. The summed E-state index contributed by atoms with van der Waals surface area (Å²) in [4.78, 5) is 0. The van der Waals surface area contributed by atoms with Gasteiger partial charge in [-0.15, -0.1) is 0 Å². The van der Waals surface area contributed by atoms with Gasteiger partial charge in [0.25, 0.3) is 0 Å². The summed E-state index contributed by atoms with van der Waals surface area (Å²) >= 11 is 0. The minimum absolute atomic E-state index is 0.845. The van der Waals surface area contributed by atoms with Crippen LogP contribution in [0.1, 0.15) is 5.56 Å². The topological polar surface area (TPSA) is 31.2 Å². The number of fused-ring (bicyclic) bond motifs is 9. The Morgan fingerprint density at radius 2 is 1.03 bits per heavy atom. The molecule has 0 aliphatic heterocycles. The minimum atomic E-state index is 0.845. The van der Waals surface area contributed by atoms with Crippen molar-refractivity contribution in [2.75, 3.05) is 0 Å². The van der Waals surface area contributed by atoms with Gasteiger partial charge in [-0.3, -0.25) is 0 Å². The normalized spacial score (nSPS) is 12.3. The molecule has 0 amide bonds. The molecule has 5 aromatic carbocycles. The van der Waals surface area contributed by atoms with Gasteiger partial charge in [-0.25, -0.2) is 0 Å². The third-order valence-electron chi connectivity index (χ3n) is 7.04. The van der Waals surface area contributed by atoms with E-state index in [4.69, 9.17) is 8.83 Å². The van der Waals surface area contributed by atoms with Crippen molar-refractivity contribution in [3.63, 3.8) is 0 Å². The molecule has 3 heteroatoms. The van der Waals surface area contributed by atoms with E-state index in [2.05, 4.69) is 96.4 Å². The lowest BCUT2D eigenvalue weighted by atomic mass is 10.1. The fourth-order valence-corrected chi connectivity index (χ4v) is 5.49. The van der Waals surface area contributed by atoms with E-state index in [1.807, 2.05) is 12.1 Å². The van der Waals surface area contributed by atoms with Gasteiger partial charge >= 0.3 is 0 Å². The Kier molecular flexibility index (Phi) is 3.33. The van der Waals surface area contributed by atoms with Crippen LogP contribution in [0.15, 0.2) is 106 Å². The maximum Gasteiger partial charge on any atom is 0.139 e. The number of aromatic nitrogens is 1. The van der Waals surface area contributed by atoms with Crippen molar-refractivity contribution in [1.29, 1.82) is 0 Å². The highest BCUT2D eigenvalue weighted by atomic mass is 16.3. The summed E-state index contributed by atoms with van der Waals surface area (Å²) < 4.78 is 14.7. The van der Waals surface area contributed by atoms with Gasteiger partial charge in [-0.1, -0.05) is 48.0 Å². The van der Waals surface area contributed by atoms with Crippen molar-refractivity contribution in [2.45, 2.75) is 6.92 Å². The van der Waals surface area contributed by atoms with Crippen LogP contribution < -0.4 is 0 Å². The molecule has 0 spiro atoms. The summed E-state index contributed by atoms with van der Waals surface area (Å²) in [6.45, 7) is 2.11. The van der Waals surface area contributed by atoms with Crippen LogP contribution in [0, 0.1) is 6.92 Å². The number of aryl methyl sites for hydroxylation is 1. The highest BCUT2D eigenvalue weighted by molar-refractivity contribution is 6.16. The fourth-order valence-electron chi connectivity index (χ4n) is 5.49. The molecule has 3 nitrogen and oxygen atoms in total. The number of hydrogen-bond donors (Lipinski definition) is 0. The molecule has 0 aliphatic rings. The van der Waals surface area contributed by atoms with Crippen molar-refractivity contribution >= 4 is 65.7 Å². The first-order valence-corrected chi connectivity index (χ1v) is 11.5. The number of benzene rings is 5. The van der Waals surface area contributed by atoms with E-state index in [1.165, 1.54) is 27.4 Å². The molecule has 8 rings (SSSR count). The Morgan fingerprint density at radius 3 is 1.71 bits per heavy atom. The zero-order valence-electron chi connectivity index (χ0n) is 18.5. The van der Waals surface area contributed by atoms with Crippen molar-refractivity contribution in [3.05, 3.63) is 103 Å². The molecule has 0 radical (unpaired) electrons. The second kappa shape index (κ2) is 6.30. The summed E-state index contributed by atoms with van der Waals surface area (Å²) in [5.74, 6) is 0. The molecule has 0 unspecified atom stereocenters. The number of furan rings is 2. The summed E-state index contributed by atoms with van der Waals surface area (Å²) in [5, 5.41) is 7.00. The van der Waals surface area contributed by atoms with Gasteiger partial charge in [0, 0.05) is 44.1 Å². The summed E-state index contributed by atoms with van der Waals surface area (Å²) in [5.41, 5.74) is 8.24. The van der Waals surface area contributed by atoms with E-state index in [0.717, 1.165) is 49.6 Å². The zero-order valence-corrected chi connectivity index (χ0v) is 18.5. The van der Waals surface area contributed by atoms with Crippen LogP contribution in [0.25, 0.3) is 71.4 Å². The first-order valence-electron chi connectivity index (χ1n) is 11.5. The van der Waals surface area contributed by atoms with Gasteiger partial charge in [0.05, 0.1) is 11.0 Å². The summed E-state index contributed by atoms with van der Waals surface area (Å²) in [6.07, 6.45) is 0. The maximum absolute atomic E-state index is 6.26. The van der Waals surface area contributed by atoms with E-state index in [9.17, 15) is 0 Å². The Bertz CT molecular complexity index is 2030. The van der Waals surface area contributed by atoms with Gasteiger partial charge in [-0.05, 0) is 55.5 Å². The van der Waals surface area contributed by atoms with Crippen LogP contribution in [-0.2, 0) is 0 Å². The minimum Gasteiger partial charge on any atom is -0.456 e. The molecule has 3 aromatic heterocycles. The predicted octanol–water partition coefficient (Wildman–Crippen LogP) is 8.89. The number of rotatable bonds is 1. The Balaban J connectivity index is 1.46. The fraction of sp³-hybridized carbons (Fsp3) is 0.0323. The molecule has 34 heavy (non-hydrogen) atoms. The standard InChI is InChI=1S/C31H19NO2/c1-18-10-12-28-22(14-18)24-16-25-23-15-19(11-13-29(23)34-31(25)17-30(24)33-28)32-26-8-4-2-6-20(26)21-7-3-5-9-27(21)32/h2-17H,1H3. The van der Waals surface area contributed by atoms with Crippen molar-refractivity contribution in [3.8, 4) is 5.69 Å². The highest BCUT2D eigenvalue weighted by Gasteiger charge is 2.16. The molecule has 0 aliphatic carbocycles. The molecule has 8 aromatic rings. The van der Waals surface area contributed by atoms with Crippen molar-refractivity contribution < 1.29 is 8.83 Å². The molecular weight excluding hydrogens is 418 g/mol. The van der Waals surface area contributed by atoms with Crippen LogP contribution in [0.5, 0.6) is 0 Å². The van der Waals surface area contributed by atoms with Gasteiger partial charge < -0.3 is 13.4 Å². The maximum atomic E-state index is 6.26. The van der Waals surface area contributed by atoms with Crippen molar-refractivity contribution in [2.24, 2.45) is 0 Å². The van der Waals surface area contributed by atoms with E-state index in [-0.39, 0.29) is 0 Å². The second-order valence-corrected chi connectivity index (χ2v) is 9.10. The Hall–Kier alpha value is -4.50. The molecule has 0 N–H and O–H groups in total. The SMILES string of the molecule is Cc1ccc2oc3cc4oc5ccc(-n6c7ccccc7c7ccccc76)cc5c4cc3c2c1. The van der Waals surface area contributed by atoms with E-state index in [1.54, 1.807) is 0 Å². The molecule has 0 saturated heterocycles. The van der Waals surface area contributed by atoms with Gasteiger partial charge in [0.1, 0.15) is 22.3 Å². The highest BCUT2D eigenvalue weighted by Crippen LogP contribution is 2.39. The predicted molar refractivity (Wildman–Crippen MR) is 140 cm³/mol. The van der Waals surface area contributed by atoms with Crippen LogP contribution in [0.3, 0.4) is 0 Å². The monoisotopic (exact) mass is 437 g/mol. The summed E-state index contributed by atoms with van der Waals surface area (Å²) in [7, 11) is 0. The lowest BCUT2D eigenvalue weighted by Crippen LogP contribution is -1.93. The smallest absolute Gasteiger partial charge is 0.139 e. The van der Waals surface area contributed by atoms with E-state index < -0.39 is 0 Å². The Labute approximate surface area is 194 Å². The zero-order chi connectivity index (χ0) is 22.4. The lowest BCUT2D eigenvalue weighted by Gasteiger charge is -2.07. The average molecular weight is 437 g/mol. The van der Waals surface area contributed by atoms with Gasteiger partial charge in [0.2, 0.25) is 0 Å². The molecule has 160 valence electrons. The summed E-state index contributed by atoms with van der Waals surface area (Å²) in [6, 6.07) is 34.2. The van der Waals surface area contributed by atoms with Crippen LogP contribution in [0.4, 0.5) is 0 Å². The number of nitrogens with zero attached hydrogens (tertiary/aromatic N) is 1. The largest absolute Gasteiger partial charge is 0.456 e. The Morgan fingerprint density at radius 1 is 0.471 bits per heavy atom. The van der Waals surface area contributed by atoms with Crippen LogP contribution >= 0.6 is 0 Å². The average Bonchev–Trinajstić information content (AvgIpc) is 3.51.